The molecular formula is C19H22Cl2N4O3S. The zero-order valence-electron chi connectivity index (χ0n) is 15.9. The van der Waals surface area contributed by atoms with Gasteiger partial charge < -0.3 is 20.3 Å². The van der Waals surface area contributed by atoms with Crippen LogP contribution in [0.25, 0.3) is 0 Å². The van der Waals surface area contributed by atoms with Crippen molar-refractivity contribution in [2.75, 3.05) is 38.7 Å². The molecule has 7 nitrogen and oxygen atoms in total. The highest BCUT2D eigenvalue weighted by Crippen LogP contribution is 2.28. The zero-order valence-corrected chi connectivity index (χ0v) is 18.2. The lowest BCUT2D eigenvalue weighted by atomic mass is 9.97. The number of hydrogen-bond donors (Lipinski definition) is 2. The summed E-state index contributed by atoms with van der Waals surface area (Å²) in [6.07, 6.45) is 1.55. The lowest BCUT2D eigenvalue weighted by Crippen LogP contribution is -2.46. The third-order valence-electron chi connectivity index (χ3n) is 4.58. The number of amides is 2. The van der Waals surface area contributed by atoms with Gasteiger partial charge in [0, 0.05) is 37.8 Å². The molecule has 1 atom stereocenters. The van der Waals surface area contributed by atoms with Crippen LogP contribution >= 0.6 is 34.5 Å². The van der Waals surface area contributed by atoms with E-state index in [9.17, 15) is 9.59 Å². The van der Waals surface area contributed by atoms with Crippen molar-refractivity contribution in [1.82, 2.24) is 15.2 Å². The average Bonchev–Trinajstić information content (AvgIpc) is 3.19. The number of ether oxygens (including phenoxy) is 1. The van der Waals surface area contributed by atoms with Crippen LogP contribution in [-0.2, 0) is 9.53 Å². The number of aromatic nitrogens is 1. The van der Waals surface area contributed by atoms with Gasteiger partial charge >= 0.3 is 0 Å². The van der Waals surface area contributed by atoms with Gasteiger partial charge in [0.25, 0.3) is 5.91 Å². The number of carbonyl (C=O) groups excluding carboxylic acids is 2. The van der Waals surface area contributed by atoms with Crippen molar-refractivity contribution in [3.8, 4) is 0 Å². The van der Waals surface area contributed by atoms with E-state index in [1.54, 1.807) is 35.6 Å². The van der Waals surface area contributed by atoms with Crippen molar-refractivity contribution in [3.63, 3.8) is 0 Å². The monoisotopic (exact) mass is 456 g/mol. The van der Waals surface area contributed by atoms with Gasteiger partial charge in [-0.15, -0.1) is 11.3 Å². The summed E-state index contributed by atoms with van der Waals surface area (Å²) < 4.78 is 4.95. The molecule has 1 saturated heterocycles. The molecule has 10 heteroatoms. The molecule has 2 heterocycles. The Balaban J connectivity index is 1.60. The summed E-state index contributed by atoms with van der Waals surface area (Å²) in [6, 6.07) is 5.18. The maximum Gasteiger partial charge on any atom is 0.273 e. The van der Waals surface area contributed by atoms with E-state index in [0.29, 0.717) is 47.1 Å². The minimum atomic E-state index is -0.211. The summed E-state index contributed by atoms with van der Waals surface area (Å²) in [5.41, 5.74) is 1.09. The predicted octanol–water partition coefficient (Wildman–Crippen LogP) is 3.81. The fourth-order valence-electron chi connectivity index (χ4n) is 3.08. The summed E-state index contributed by atoms with van der Waals surface area (Å²) in [5.74, 6) is -0.422. The van der Waals surface area contributed by atoms with E-state index in [-0.39, 0.29) is 17.7 Å². The Morgan fingerprint density at radius 2 is 2.17 bits per heavy atom. The first-order valence-electron chi connectivity index (χ1n) is 9.21. The number of nitrogens with one attached hydrogen (secondary N) is 2. The lowest BCUT2D eigenvalue weighted by molar-refractivity contribution is -0.126. The summed E-state index contributed by atoms with van der Waals surface area (Å²) in [7, 11) is 1.59. The van der Waals surface area contributed by atoms with Crippen molar-refractivity contribution in [1.29, 1.82) is 0 Å². The number of rotatable bonds is 7. The first-order chi connectivity index (χ1) is 14.0. The molecule has 0 bridgehead atoms. The normalized spacial score (nSPS) is 16.5. The molecule has 156 valence electrons. The summed E-state index contributed by atoms with van der Waals surface area (Å²) in [6.45, 7) is 1.95. The maximum absolute atomic E-state index is 12.8. The molecule has 1 aromatic heterocycles. The number of hydrogen-bond acceptors (Lipinski definition) is 6. The Hall–Kier alpha value is -1.87. The fraction of sp³-hybridized carbons (Fsp3) is 0.421. The Labute approximate surface area is 183 Å². The second kappa shape index (κ2) is 10.2. The molecule has 0 spiro atoms. The number of likely N-dealkylation sites (tertiary alicyclic amines) is 1. The minimum absolute atomic E-state index is 0.0419. The Morgan fingerprint density at radius 3 is 2.93 bits per heavy atom. The van der Waals surface area contributed by atoms with Crippen LogP contribution in [0.15, 0.2) is 23.6 Å². The number of anilines is 2. The fourth-order valence-corrected chi connectivity index (χ4v) is 4.09. The molecule has 0 saturated carbocycles. The van der Waals surface area contributed by atoms with E-state index in [4.69, 9.17) is 27.9 Å². The van der Waals surface area contributed by atoms with Crippen molar-refractivity contribution in [2.45, 2.75) is 12.8 Å². The summed E-state index contributed by atoms with van der Waals surface area (Å²) in [4.78, 5) is 31.2. The molecule has 3 rings (SSSR count). The van der Waals surface area contributed by atoms with Crippen LogP contribution < -0.4 is 10.6 Å². The van der Waals surface area contributed by atoms with Crippen LogP contribution in [0.4, 0.5) is 10.8 Å². The van der Waals surface area contributed by atoms with Gasteiger partial charge in [-0.05, 0) is 31.0 Å². The van der Waals surface area contributed by atoms with E-state index >= 15 is 0 Å². The van der Waals surface area contributed by atoms with Crippen molar-refractivity contribution >= 4 is 57.2 Å². The molecule has 0 aliphatic carbocycles. The van der Waals surface area contributed by atoms with Gasteiger partial charge in [-0.1, -0.05) is 23.2 Å². The van der Waals surface area contributed by atoms with E-state index in [1.807, 2.05) is 0 Å². The van der Waals surface area contributed by atoms with Crippen LogP contribution in [0.5, 0.6) is 0 Å². The Bertz CT molecular complexity index is 877. The Kier molecular flexibility index (Phi) is 7.71. The third kappa shape index (κ3) is 5.82. The summed E-state index contributed by atoms with van der Waals surface area (Å²) in [5, 5.41) is 9.17. The Morgan fingerprint density at radius 1 is 1.34 bits per heavy atom. The van der Waals surface area contributed by atoms with Gasteiger partial charge in [0.2, 0.25) is 5.91 Å². The molecule has 1 aromatic carbocycles. The van der Waals surface area contributed by atoms with Crippen molar-refractivity contribution in [2.24, 2.45) is 5.92 Å². The largest absolute Gasteiger partial charge is 0.383 e. The van der Waals surface area contributed by atoms with Crippen LogP contribution in [0.3, 0.4) is 0 Å². The number of nitrogens with zero attached hydrogens (tertiary/aromatic N) is 2. The van der Waals surface area contributed by atoms with E-state index in [0.717, 1.165) is 18.5 Å². The smallest absolute Gasteiger partial charge is 0.273 e. The number of methoxy groups -OCH3 is 1. The quantitative estimate of drug-likeness (QED) is 0.618. The van der Waals surface area contributed by atoms with Crippen LogP contribution in [0, 0.1) is 5.92 Å². The summed E-state index contributed by atoms with van der Waals surface area (Å²) >= 11 is 13.3. The van der Waals surface area contributed by atoms with Gasteiger partial charge in [-0.2, -0.15) is 0 Å². The van der Waals surface area contributed by atoms with Crippen LogP contribution in [0.2, 0.25) is 10.0 Å². The second-order valence-corrected chi connectivity index (χ2v) is 8.34. The standard InChI is InChI=1S/C19H22Cl2N4O3S/c1-28-8-6-22-17(26)12-3-2-7-25(10-12)18(27)16-11-29-19(24-16)23-13-4-5-14(20)15(21)9-13/h4-5,9,11-12H,2-3,6-8,10H2,1H3,(H,22,26)(H,23,24). The highest BCUT2D eigenvalue weighted by Gasteiger charge is 2.29. The predicted molar refractivity (Wildman–Crippen MR) is 115 cm³/mol. The van der Waals surface area contributed by atoms with Gasteiger partial charge in [0.15, 0.2) is 5.13 Å². The number of benzene rings is 1. The first-order valence-corrected chi connectivity index (χ1v) is 10.8. The molecule has 2 N–H and O–H groups in total. The molecule has 1 aliphatic heterocycles. The first kappa shape index (κ1) is 21.8. The van der Waals surface area contributed by atoms with Crippen molar-refractivity contribution in [3.05, 3.63) is 39.3 Å². The van der Waals surface area contributed by atoms with E-state index < -0.39 is 0 Å². The topological polar surface area (TPSA) is 83.6 Å². The highest BCUT2D eigenvalue weighted by atomic mass is 35.5. The number of halogens is 2. The number of thiazole rings is 1. The van der Waals surface area contributed by atoms with Crippen LogP contribution in [0.1, 0.15) is 23.3 Å². The van der Waals surface area contributed by atoms with Crippen molar-refractivity contribution < 1.29 is 14.3 Å². The zero-order chi connectivity index (χ0) is 20.8. The molecule has 0 radical (unpaired) electrons. The lowest BCUT2D eigenvalue weighted by Gasteiger charge is -2.31. The third-order valence-corrected chi connectivity index (χ3v) is 6.08. The van der Waals surface area contributed by atoms with Gasteiger partial charge in [0.1, 0.15) is 5.69 Å². The molecule has 2 aromatic rings. The molecule has 1 aliphatic rings. The van der Waals surface area contributed by atoms with Gasteiger partial charge in [0.05, 0.1) is 22.6 Å². The molecule has 29 heavy (non-hydrogen) atoms. The van der Waals surface area contributed by atoms with Crippen LogP contribution in [-0.4, -0.2) is 55.0 Å². The SMILES string of the molecule is COCCNC(=O)C1CCCN(C(=O)c2csc(Nc3ccc(Cl)c(Cl)c3)n2)C1. The van der Waals surface area contributed by atoms with Gasteiger partial charge in [-0.3, -0.25) is 9.59 Å². The van der Waals surface area contributed by atoms with E-state index in [1.165, 1.54) is 11.3 Å². The van der Waals surface area contributed by atoms with Gasteiger partial charge in [-0.25, -0.2) is 4.98 Å². The molecule has 2 amide bonds. The maximum atomic E-state index is 12.8. The molecular weight excluding hydrogens is 435 g/mol. The van der Waals surface area contributed by atoms with E-state index in [2.05, 4.69) is 15.6 Å². The number of carbonyl (C=O) groups is 2. The molecule has 1 fully saturated rings. The average molecular weight is 457 g/mol. The minimum Gasteiger partial charge on any atom is -0.383 e. The second-order valence-electron chi connectivity index (χ2n) is 6.67. The molecule has 1 unspecified atom stereocenters. The highest BCUT2D eigenvalue weighted by molar-refractivity contribution is 7.14. The number of piperidine rings is 1.